The molecule has 4 aromatic carbocycles. The fraction of sp³-hybridized carbons (Fsp3) is 0.267. The molecule has 0 aliphatic rings. The van der Waals surface area contributed by atoms with Crippen molar-refractivity contribution in [2.75, 3.05) is 0 Å². The van der Waals surface area contributed by atoms with Crippen molar-refractivity contribution in [2.45, 2.75) is 52.7 Å². The summed E-state index contributed by atoms with van der Waals surface area (Å²) in [7, 11) is 0. The third-order valence-electron chi connectivity index (χ3n) is 6.33. The van der Waals surface area contributed by atoms with Crippen LogP contribution in [0.3, 0.4) is 0 Å². The molecule has 5 nitrogen and oxygen atoms in total. The monoisotopic (exact) mass is 594 g/mol. The third-order valence-corrected chi connectivity index (χ3v) is 7.23. The van der Waals surface area contributed by atoms with Gasteiger partial charge in [0.25, 0.3) is 5.91 Å². The molecule has 36 heavy (non-hydrogen) atoms. The number of benzene rings is 4. The van der Waals surface area contributed by atoms with E-state index >= 15 is 0 Å². The van der Waals surface area contributed by atoms with E-state index in [0.717, 1.165) is 25.3 Å². The maximum absolute atomic E-state index is 13.7. The number of fused-ring (bicyclic) bond motifs is 2. The lowest BCUT2D eigenvalue weighted by Gasteiger charge is -2.31. The quantitative estimate of drug-likeness (QED) is 0.233. The zero-order valence-electron chi connectivity index (χ0n) is 21.2. The zero-order valence-corrected chi connectivity index (χ0v) is 23.4. The Kier molecular flexibility index (Phi) is 7.83. The van der Waals surface area contributed by atoms with Crippen LogP contribution in [-0.2, 0) is 0 Å². The first-order valence-electron chi connectivity index (χ1n) is 12.2. The van der Waals surface area contributed by atoms with Crippen LogP contribution in [-0.4, -0.2) is 29.0 Å². The van der Waals surface area contributed by atoms with Crippen LogP contribution < -0.4 is 10.1 Å². The summed E-state index contributed by atoms with van der Waals surface area (Å²) in [6.45, 7) is 9.96. The van der Waals surface area contributed by atoms with Gasteiger partial charge < -0.3 is 15.0 Å². The molecule has 0 saturated carbocycles. The minimum atomic E-state index is -0.565. The van der Waals surface area contributed by atoms with Gasteiger partial charge in [0.05, 0.1) is 11.6 Å². The minimum absolute atomic E-state index is 0.0303. The fourth-order valence-electron chi connectivity index (χ4n) is 4.68. The Labute approximate surface area is 226 Å². The van der Waals surface area contributed by atoms with Crippen LogP contribution >= 0.6 is 22.6 Å². The van der Waals surface area contributed by atoms with Crippen molar-refractivity contribution in [1.82, 2.24) is 10.2 Å². The van der Waals surface area contributed by atoms with Gasteiger partial charge in [-0.15, -0.1) is 0 Å². The molecule has 186 valence electrons. The van der Waals surface area contributed by atoms with E-state index < -0.39 is 6.09 Å². The van der Waals surface area contributed by atoms with Gasteiger partial charge in [0.15, 0.2) is 0 Å². The second kappa shape index (κ2) is 10.9. The average Bonchev–Trinajstić information content (AvgIpc) is 2.83. The van der Waals surface area contributed by atoms with Crippen LogP contribution in [0.25, 0.3) is 21.5 Å². The van der Waals surface area contributed by atoms with Gasteiger partial charge in [-0.3, -0.25) is 4.79 Å². The summed E-state index contributed by atoms with van der Waals surface area (Å²) < 4.78 is 6.65. The molecule has 4 rings (SSSR count). The van der Waals surface area contributed by atoms with Crippen LogP contribution in [0.2, 0.25) is 0 Å². The summed E-state index contributed by atoms with van der Waals surface area (Å²) in [6.07, 6.45) is -0.565. The van der Waals surface area contributed by atoms with E-state index in [0.29, 0.717) is 16.7 Å². The van der Waals surface area contributed by atoms with Gasteiger partial charge in [0, 0.05) is 21.0 Å². The Morgan fingerprint density at radius 1 is 0.806 bits per heavy atom. The van der Waals surface area contributed by atoms with E-state index in [9.17, 15) is 9.59 Å². The summed E-state index contributed by atoms with van der Waals surface area (Å²) in [6, 6.07) is 23.4. The summed E-state index contributed by atoms with van der Waals surface area (Å²) in [5.41, 5.74) is 1.54. The highest BCUT2D eigenvalue weighted by atomic mass is 127. The molecule has 1 N–H and O–H groups in total. The van der Waals surface area contributed by atoms with Gasteiger partial charge in [-0.2, -0.15) is 0 Å². The van der Waals surface area contributed by atoms with Crippen LogP contribution in [0, 0.1) is 3.57 Å². The van der Waals surface area contributed by atoms with Crippen molar-refractivity contribution in [2.24, 2.45) is 0 Å². The van der Waals surface area contributed by atoms with Crippen LogP contribution in [0.4, 0.5) is 4.79 Å². The number of hydrogen-bond donors (Lipinski definition) is 1. The van der Waals surface area contributed by atoms with Crippen LogP contribution in [0.1, 0.15) is 56.6 Å². The molecule has 4 aromatic rings. The molecule has 1 atom stereocenters. The summed E-state index contributed by atoms with van der Waals surface area (Å²) in [5.74, 6) is 0.293. The molecule has 0 fully saturated rings. The van der Waals surface area contributed by atoms with Crippen LogP contribution in [0.5, 0.6) is 5.75 Å². The molecule has 0 saturated heterocycles. The Balaban J connectivity index is 1.65. The molecular weight excluding hydrogens is 563 g/mol. The van der Waals surface area contributed by atoms with Crippen molar-refractivity contribution in [3.8, 4) is 5.75 Å². The first-order valence-corrected chi connectivity index (χ1v) is 13.3. The van der Waals surface area contributed by atoms with Crippen LogP contribution in [0.15, 0.2) is 72.8 Å². The first kappa shape index (κ1) is 25.9. The summed E-state index contributed by atoms with van der Waals surface area (Å²) in [4.78, 5) is 28.6. The van der Waals surface area contributed by atoms with Gasteiger partial charge in [0.2, 0.25) is 0 Å². The largest absolute Gasteiger partial charge is 0.413 e. The molecular formula is C30H31IN2O3. The summed E-state index contributed by atoms with van der Waals surface area (Å²) in [5, 5.41) is 6.70. The molecule has 0 spiro atoms. The fourth-order valence-corrected chi connectivity index (χ4v) is 5.36. The van der Waals surface area contributed by atoms with E-state index in [2.05, 4.69) is 46.1 Å². The lowest BCUT2D eigenvalue weighted by molar-refractivity contribution is 0.0644. The maximum Gasteiger partial charge on any atom is 0.413 e. The molecule has 0 radical (unpaired) electrons. The highest BCUT2D eigenvalue weighted by Crippen LogP contribution is 2.34. The lowest BCUT2D eigenvalue weighted by atomic mass is 10.0. The molecule has 0 heterocycles. The second-order valence-electron chi connectivity index (χ2n) is 9.54. The lowest BCUT2D eigenvalue weighted by Crippen LogP contribution is -2.42. The minimum Gasteiger partial charge on any atom is -0.410 e. The van der Waals surface area contributed by atoms with Crippen molar-refractivity contribution in [1.29, 1.82) is 0 Å². The van der Waals surface area contributed by atoms with Gasteiger partial charge in [0.1, 0.15) is 5.75 Å². The first-order chi connectivity index (χ1) is 17.2. The van der Waals surface area contributed by atoms with Crippen molar-refractivity contribution in [3.63, 3.8) is 0 Å². The normalized spacial score (nSPS) is 12.2. The van der Waals surface area contributed by atoms with E-state index in [1.165, 1.54) is 0 Å². The number of hydrogen-bond acceptors (Lipinski definition) is 3. The zero-order chi connectivity index (χ0) is 26.0. The van der Waals surface area contributed by atoms with E-state index in [-0.39, 0.29) is 24.0 Å². The number of halogens is 1. The smallest absolute Gasteiger partial charge is 0.410 e. The Morgan fingerprint density at radius 2 is 1.44 bits per heavy atom. The van der Waals surface area contributed by atoms with Gasteiger partial charge in [-0.05, 0) is 97.1 Å². The standard InChI is InChI=1S/C30H31IN2O3/c1-18(2)33(19(3)4)29(34)28-25(31)16-15-22-11-8-12-26(27(22)28)36-30(35)32-20(5)23-14-13-21-9-6-7-10-24(21)17-23/h6-20H,1-5H3,(H,32,35)/t20-/m0/s1. The average molecular weight is 594 g/mol. The molecule has 0 aliphatic heterocycles. The third kappa shape index (κ3) is 5.33. The number of amides is 2. The molecule has 0 unspecified atom stereocenters. The van der Waals surface area contributed by atoms with Crippen molar-refractivity contribution in [3.05, 3.63) is 87.5 Å². The maximum atomic E-state index is 13.7. The number of ether oxygens (including phenoxy) is 1. The number of rotatable bonds is 6. The Morgan fingerprint density at radius 3 is 2.14 bits per heavy atom. The van der Waals surface area contributed by atoms with E-state index in [1.807, 2.05) is 88.0 Å². The number of nitrogens with one attached hydrogen (secondary N) is 1. The highest BCUT2D eigenvalue weighted by Gasteiger charge is 2.27. The Hall–Kier alpha value is -3.13. The molecule has 0 bridgehead atoms. The predicted molar refractivity (Wildman–Crippen MR) is 155 cm³/mol. The summed E-state index contributed by atoms with van der Waals surface area (Å²) >= 11 is 2.18. The highest BCUT2D eigenvalue weighted by molar-refractivity contribution is 14.1. The van der Waals surface area contributed by atoms with Gasteiger partial charge in [-0.1, -0.05) is 54.6 Å². The van der Waals surface area contributed by atoms with Gasteiger partial charge in [-0.25, -0.2) is 4.79 Å². The Bertz CT molecular complexity index is 1420. The molecule has 0 aliphatic carbocycles. The second-order valence-corrected chi connectivity index (χ2v) is 10.7. The van der Waals surface area contributed by atoms with E-state index in [4.69, 9.17) is 4.74 Å². The molecule has 6 heteroatoms. The molecule has 2 amide bonds. The number of carbonyl (C=O) groups is 2. The predicted octanol–water partition coefficient (Wildman–Crippen LogP) is 7.71. The van der Waals surface area contributed by atoms with Crippen molar-refractivity contribution < 1.29 is 14.3 Å². The van der Waals surface area contributed by atoms with Crippen molar-refractivity contribution >= 4 is 56.1 Å². The topological polar surface area (TPSA) is 58.6 Å². The molecule has 0 aromatic heterocycles. The number of nitrogens with zero attached hydrogens (tertiary/aromatic N) is 1. The number of carbonyl (C=O) groups excluding carboxylic acids is 2. The van der Waals surface area contributed by atoms with E-state index in [1.54, 1.807) is 6.07 Å². The van der Waals surface area contributed by atoms with Gasteiger partial charge >= 0.3 is 6.09 Å². The SMILES string of the molecule is CC(C)N(C(=O)c1c(I)ccc2cccc(OC(=O)N[C@@H](C)c3ccc4ccccc4c3)c12)C(C)C.